The lowest BCUT2D eigenvalue weighted by Gasteiger charge is -2.32. The Morgan fingerprint density at radius 2 is 1.62 bits per heavy atom. The van der Waals surface area contributed by atoms with Gasteiger partial charge in [0.25, 0.3) is 0 Å². The van der Waals surface area contributed by atoms with Crippen molar-refractivity contribution in [3.63, 3.8) is 0 Å². The van der Waals surface area contributed by atoms with E-state index in [0.717, 1.165) is 4.57 Å². The fourth-order valence-electron chi connectivity index (χ4n) is 2.99. The van der Waals surface area contributed by atoms with E-state index in [4.69, 9.17) is 5.73 Å². The van der Waals surface area contributed by atoms with Crippen molar-refractivity contribution < 1.29 is 9.59 Å². The average Bonchev–Trinajstić information content (AvgIpc) is 2.83. The molecule has 0 bridgehead atoms. The molecule has 2 amide bonds. The van der Waals surface area contributed by atoms with Gasteiger partial charge < -0.3 is 16.0 Å². The normalized spacial score (nSPS) is 13.2. The van der Waals surface area contributed by atoms with Crippen LogP contribution in [0, 0.1) is 5.41 Å². The standard InChI is InChI=1S/C20H31N5O3.ClH/c1-19(2,3)15(16(21)26)22-17(27)25-14-11-9-8-10-13(14)24(18(25)28)12-20(4,5)23(6)7;/h8-11,15H,12H2,1-7H3,(H2,21,26)(H,22,27);1H/t15-;/m1./s1. The molecule has 0 unspecified atom stereocenters. The minimum atomic E-state index is -0.910. The lowest BCUT2D eigenvalue weighted by molar-refractivity contribution is -0.122. The highest BCUT2D eigenvalue weighted by Gasteiger charge is 2.33. The number of carbonyl (C=O) groups is 2. The summed E-state index contributed by atoms with van der Waals surface area (Å²) in [6, 6.07) is 5.54. The first-order chi connectivity index (χ1) is 12.8. The number of nitrogens with one attached hydrogen (secondary N) is 1. The first-order valence-corrected chi connectivity index (χ1v) is 9.25. The molecule has 0 fully saturated rings. The summed E-state index contributed by atoms with van der Waals surface area (Å²) in [6.45, 7) is 9.85. The van der Waals surface area contributed by atoms with E-state index in [1.807, 2.05) is 45.0 Å². The first kappa shape index (κ1) is 24.7. The largest absolute Gasteiger partial charge is 0.368 e. The molecule has 1 atom stereocenters. The van der Waals surface area contributed by atoms with E-state index in [1.54, 1.807) is 37.5 Å². The van der Waals surface area contributed by atoms with E-state index in [0.29, 0.717) is 17.6 Å². The van der Waals surface area contributed by atoms with Gasteiger partial charge in [-0.25, -0.2) is 14.2 Å². The van der Waals surface area contributed by atoms with E-state index in [-0.39, 0.29) is 17.9 Å². The number of imidazole rings is 1. The molecule has 0 saturated heterocycles. The lowest BCUT2D eigenvalue weighted by atomic mass is 9.86. The molecule has 0 radical (unpaired) electrons. The van der Waals surface area contributed by atoms with E-state index >= 15 is 0 Å². The predicted molar refractivity (Wildman–Crippen MR) is 118 cm³/mol. The molecule has 0 aliphatic heterocycles. The Labute approximate surface area is 177 Å². The maximum atomic E-state index is 13.2. The molecule has 1 aromatic heterocycles. The average molecular weight is 426 g/mol. The number of benzene rings is 1. The van der Waals surface area contributed by atoms with Gasteiger partial charge in [-0.2, -0.15) is 0 Å². The smallest absolute Gasteiger partial charge is 0.337 e. The molecule has 0 aliphatic rings. The quantitative estimate of drug-likeness (QED) is 0.764. The highest BCUT2D eigenvalue weighted by molar-refractivity contribution is 5.92. The number of para-hydroxylation sites is 2. The summed E-state index contributed by atoms with van der Waals surface area (Å²) < 4.78 is 2.66. The monoisotopic (exact) mass is 425 g/mol. The third kappa shape index (κ3) is 5.00. The third-order valence-electron chi connectivity index (χ3n) is 5.21. The molecule has 8 nitrogen and oxygen atoms in total. The van der Waals surface area contributed by atoms with Crippen LogP contribution >= 0.6 is 12.4 Å². The van der Waals surface area contributed by atoms with Gasteiger partial charge in [0.2, 0.25) is 5.91 Å². The minimum absolute atomic E-state index is 0. The molecule has 1 aromatic carbocycles. The van der Waals surface area contributed by atoms with Crippen molar-refractivity contribution in [2.75, 3.05) is 14.1 Å². The predicted octanol–water partition coefficient (Wildman–Crippen LogP) is 2.02. The fraction of sp³-hybridized carbons (Fsp3) is 0.550. The molecule has 2 aromatic rings. The van der Waals surface area contributed by atoms with Gasteiger partial charge in [-0.1, -0.05) is 32.9 Å². The van der Waals surface area contributed by atoms with Crippen LogP contribution in [0.4, 0.5) is 4.79 Å². The summed E-state index contributed by atoms with van der Waals surface area (Å²) in [5.74, 6) is -0.647. The number of likely N-dealkylation sites (N-methyl/N-ethyl adjacent to an activating group) is 1. The minimum Gasteiger partial charge on any atom is -0.368 e. The Morgan fingerprint density at radius 3 is 2.07 bits per heavy atom. The zero-order chi connectivity index (χ0) is 21.4. The molecule has 1 heterocycles. The van der Waals surface area contributed by atoms with Gasteiger partial charge in [0.05, 0.1) is 11.0 Å². The molecule has 0 saturated carbocycles. The van der Waals surface area contributed by atoms with Crippen LogP contribution in [0.1, 0.15) is 34.6 Å². The summed E-state index contributed by atoms with van der Waals surface area (Å²) in [7, 11) is 3.88. The second kappa shape index (κ2) is 8.59. The van der Waals surface area contributed by atoms with Crippen LogP contribution < -0.4 is 16.7 Å². The van der Waals surface area contributed by atoms with Gasteiger partial charge in [-0.05, 0) is 45.5 Å². The number of rotatable bonds is 5. The zero-order valence-electron chi connectivity index (χ0n) is 18.1. The van der Waals surface area contributed by atoms with Crippen LogP contribution in [0.3, 0.4) is 0 Å². The number of nitrogens with zero attached hydrogens (tertiary/aromatic N) is 3. The van der Waals surface area contributed by atoms with Crippen LogP contribution in [0.5, 0.6) is 0 Å². The van der Waals surface area contributed by atoms with Gasteiger partial charge in [-0.15, -0.1) is 12.4 Å². The molecule has 0 aliphatic carbocycles. The second-order valence-corrected chi connectivity index (χ2v) is 9.05. The van der Waals surface area contributed by atoms with Crippen molar-refractivity contribution in [3.05, 3.63) is 34.7 Å². The number of fused-ring (bicyclic) bond motifs is 1. The molecule has 162 valence electrons. The summed E-state index contributed by atoms with van der Waals surface area (Å²) >= 11 is 0. The van der Waals surface area contributed by atoms with Gasteiger partial charge in [0.15, 0.2) is 0 Å². The molecule has 0 spiro atoms. The van der Waals surface area contributed by atoms with Crippen LogP contribution in [0.25, 0.3) is 11.0 Å². The Kier molecular flexibility index (Phi) is 7.32. The van der Waals surface area contributed by atoms with Crippen molar-refractivity contribution in [3.8, 4) is 0 Å². The first-order valence-electron chi connectivity index (χ1n) is 9.25. The molecule has 3 N–H and O–H groups in total. The number of amides is 2. The number of carbonyl (C=O) groups excluding carboxylic acids is 2. The zero-order valence-corrected chi connectivity index (χ0v) is 19.0. The second-order valence-electron chi connectivity index (χ2n) is 9.05. The van der Waals surface area contributed by atoms with Gasteiger partial charge in [-0.3, -0.25) is 9.36 Å². The SMILES string of the molecule is CN(C)C(C)(C)Cn1c(=O)n(C(=O)N[C@H](C(N)=O)C(C)(C)C)c2ccccc21.Cl. The fourth-order valence-corrected chi connectivity index (χ4v) is 2.99. The van der Waals surface area contributed by atoms with E-state index in [2.05, 4.69) is 5.32 Å². The Hall–Kier alpha value is -2.32. The molecule has 9 heteroatoms. The highest BCUT2D eigenvalue weighted by atomic mass is 35.5. The summed E-state index contributed by atoms with van der Waals surface area (Å²) in [4.78, 5) is 40.0. The molecule has 29 heavy (non-hydrogen) atoms. The number of hydrogen-bond acceptors (Lipinski definition) is 4. The van der Waals surface area contributed by atoms with E-state index < -0.39 is 29.1 Å². The number of primary amides is 1. The Bertz CT molecular complexity index is 953. The van der Waals surface area contributed by atoms with E-state index in [9.17, 15) is 14.4 Å². The maximum Gasteiger partial charge on any atom is 0.337 e. The number of nitrogens with two attached hydrogens (primary N) is 1. The highest BCUT2D eigenvalue weighted by Crippen LogP contribution is 2.21. The summed E-state index contributed by atoms with van der Waals surface area (Å²) in [6.07, 6.45) is 0. The lowest BCUT2D eigenvalue weighted by Crippen LogP contribution is -2.54. The van der Waals surface area contributed by atoms with Crippen molar-refractivity contribution in [2.24, 2.45) is 11.1 Å². The maximum absolute atomic E-state index is 13.2. The third-order valence-corrected chi connectivity index (χ3v) is 5.21. The van der Waals surface area contributed by atoms with Crippen molar-refractivity contribution in [1.82, 2.24) is 19.4 Å². The Morgan fingerprint density at radius 1 is 1.10 bits per heavy atom. The molecular formula is C20H32ClN5O3. The van der Waals surface area contributed by atoms with Crippen LogP contribution in [-0.4, -0.2) is 51.6 Å². The van der Waals surface area contributed by atoms with Crippen LogP contribution in [0.2, 0.25) is 0 Å². The van der Waals surface area contributed by atoms with Crippen LogP contribution in [0.15, 0.2) is 29.1 Å². The molecular weight excluding hydrogens is 394 g/mol. The van der Waals surface area contributed by atoms with E-state index in [1.165, 1.54) is 0 Å². The topological polar surface area (TPSA) is 102 Å². The summed E-state index contributed by atoms with van der Waals surface area (Å²) in [5.41, 5.74) is 5.26. The van der Waals surface area contributed by atoms with Crippen molar-refractivity contribution >= 4 is 35.4 Å². The van der Waals surface area contributed by atoms with Crippen molar-refractivity contribution in [1.29, 1.82) is 0 Å². The summed E-state index contributed by atoms with van der Waals surface area (Å²) in [5, 5.41) is 2.63. The number of hydrogen-bond donors (Lipinski definition) is 2. The van der Waals surface area contributed by atoms with Gasteiger partial charge in [0, 0.05) is 12.1 Å². The van der Waals surface area contributed by atoms with Crippen molar-refractivity contribution in [2.45, 2.75) is 52.7 Å². The molecule has 2 rings (SSSR count). The van der Waals surface area contributed by atoms with Gasteiger partial charge in [0.1, 0.15) is 6.04 Å². The Balaban J connectivity index is 0.00000420. The number of aromatic nitrogens is 2. The van der Waals surface area contributed by atoms with Crippen LogP contribution in [-0.2, 0) is 11.3 Å². The number of halogens is 1. The van der Waals surface area contributed by atoms with Gasteiger partial charge >= 0.3 is 11.7 Å².